The minimum absolute atomic E-state index is 0.953. The number of halogens is 1. The predicted molar refractivity (Wildman–Crippen MR) is 49.7 cm³/mol. The second-order valence-corrected chi connectivity index (χ2v) is 3.77. The Bertz CT molecular complexity index is 186. The van der Waals surface area contributed by atoms with Crippen molar-refractivity contribution >= 4 is 22.9 Å². The zero-order chi connectivity index (χ0) is 7.40. The van der Waals surface area contributed by atoms with Gasteiger partial charge >= 0.3 is 0 Å². The van der Waals surface area contributed by atoms with E-state index in [0.717, 1.165) is 6.54 Å². The summed E-state index contributed by atoms with van der Waals surface area (Å²) in [5.74, 6) is 0. The van der Waals surface area contributed by atoms with E-state index in [1.807, 2.05) is 19.3 Å². The van der Waals surface area contributed by atoms with Crippen LogP contribution in [0.2, 0.25) is 0 Å². The van der Waals surface area contributed by atoms with Crippen LogP contribution in [0.25, 0.3) is 0 Å². The van der Waals surface area contributed by atoms with Gasteiger partial charge in [0.25, 0.3) is 0 Å². The van der Waals surface area contributed by atoms with Crippen LogP contribution in [0.4, 0.5) is 0 Å². The monoisotopic (exact) mass is 248 g/mol. The fourth-order valence-electron chi connectivity index (χ4n) is 0.743. The zero-order valence-corrected chi connectivity index (χ0v) is 7.95. The maximum atomic E-state index is 4.01. The molecule has 0 aliphatic heterocycles. The number of hydrogen-bond acceptors (Lipinski definition) is 2. The fraction of sp³-hybridized carbons (Fsp3) is 0.286. The van der Waals surface area contributed by atoms with Gasteiger partial charge in [-0.3, -0.25) is 4.98 Å². The molecule has 1 aromatic heterocycles. The van der Waals surface area contributed by atoms with Crippen LogP contribution in [-0.2, 0) is 6.54 Å². The van der Waals surface area contributed by atoms with Gasteiger partial charge in [-0.05, 0) is 18.7 Å². The smallest absolute Gasteiger partial charge is 0.0344 e. The highest BCUT2D eigenvalue weighted by Crippen LogP contribution is 2.03. The number of nitrogens with zero attached hydrogens (tertiary/aromatic N) is 2. The predicted octanol–water partition coefficient (Wildman–Crippen LogP) is 1.86. The molecule has 54 valence electrons. The summed E-state index contributed by atoms with van der Waals surface area (Å²) in [6.07, 6.45) is 3.67. The molecule has 0 saturated carbocycles. The van der Waals surface area contributed by atoms with E-state index < -0.39 is 0 Å². The standard InChI is InChI=1S/C7H9IN2/c1-10(8)6-7-3-2-4-9-5-7/h2-5H,6H2,1H3. The first-order chi connectivity index (χ1) is 4.79. The lowest BCUT2D eigenvalue weighted by atomic mass is 10.3. The topological polar surface area (TPSA) is 16.1 Å². The van der Waals surface area contributed by atoms with Crippen LogP contribution in [-0.4, -0.2) is 15.1 Å². The molecule has 0 radical (unpaired) electrons. The Balaban J connectivity index is 2.59. The van der Waals surface area contributed by atoms with Gasteiger partial charge in [-0.1, -0.05) is 6.07 Å². The molecular weight excluding hydrogens is 239 g/mol. The SMILES string of the molecule is CN(I)Cc1cccnc1. The van der Waals surface area contributed by atoms with Gasteiger partial charge in [0.05, 0.1) is 0 Å². The maximum Gasteiger partial charge on any atom is 0.0344 e. The van der Waals surface area contributed by atoms with Crippen LogP contribution in [0.1, 0.15) is 5.56 Å². The van der Waals surface area contributed by atoms with E-state index in [0.29, 0.717) is 0 Å². The summed E-state index contributed by atoms with van der Waals surface area (Å²) >= 11 is 2.25. The molecule has 2 nitrogen and oxygen atoms in total. The minimum Gasteiger partial charge on any atom is -0.264 e. The highest BCUT2D eigenvalue weighted by atomic mass is 127. The van der Waals surface area contributed by atoms with Crippen molar-refractivity contribution in [1.29, 1.82) is 0 Å². The third-order valence-corrected chi connectivity index (χ3v) is 1.46. The summed E-state index contributed by atoms with van der Waals surface area (Å²) in [5.41, 5.74) is 1.25. The first kappa shape index (κ1) is 7.94. The van der Waals surface area contributed by atoms with Gasteiger partial charge in [0.2, 0.25) is 0 Å². The molecule has 0 amide bonds. The summed E-state index contributed by atoms with van der Waals surface area (Å²) in [7, 11) is 2.04. The van der Waals surface area contributed by atoms with Crippen LogP contribution in [0.15, 0.2) is 24.5 Å². The minimum atomic E-state index is 0.953. The van der Waals surface area contributed by atoms with Crippen molar-refractivity contribution in [2.24, 2.45) is 0 Å². The molecule has 0 aliphatic rings. The fourth-order valence-corrected chi connectivity index (χ4v) is 1.14. The Morgan fingerprint density at radius 1 is 1.70 bits per heavy atom. The Morgan fingerprint density at radius 3 is 3.00 bits per heavy atom. The lowest BCUT2D eigenvalue weighted by molar-refractivity contribution is 0.609. The van der Waals surface area contributed by atoms with Gasteiger partial charge in [-0.15, -0.1) is 0 Å². The van der Waals surface area contributed by atoms with Crippen molar-refractivity contribution < 1.29 is 0 Å². The third kappa shape index (κ3) is 2.62. The molecule has 3 heteroatoms. The molecule has 0 aliphatic carbocycles. The van der Waals surface area contributed by atoms with Gasteiger partial charge in [0.15, 0.2) is 0 Å². The Hall–Kier alpha value is -0.160. The maximum absolute atomic E-state index is 4.01. The van der Waals surface area contributed by atoms with E-state index in [4.69, 9.17) is 0 Å². The average molecular weight is 248 g/mol. The van der Waals surface area contributed by atoms with Crippen molar-refractivity contribution in [3.05, 3.63) is 30.1 Å². The Labute approximate surface area is 74.8 Å². The molecule has 0 aromatic carbocycles. The molecule has 1 aromatic rings. The lowest BCUT2D eigenvalue weighted by Gasteiger charge is -2.05. The molecule has 0 unspecified atom stereocenters. The van der Waals surface area contributed by atoms with Gasteiger partial charge in [0.1, 0.15) is 0 Å². The third-order valence-electron chi connectivity index (χ3n) is 1.12. The quantitative estimate of drug-likeness (QED) is 0.586. The van der Waals surface area contributed by atoms with E-state index in [1.165, 1.54) is 5.56 Å². The number of pyridine rings is 1. The first-order valence-corrected chi connectivity index (χ1v) is 4.01. The summed E-state index contributed by atoms with van der Waals surface area (Å²) in [6, 6.07) is 4.03. The van der Waals surface area contributed by atoms with Crippen LogP contribution in [0.3, 0.4) is 0 Å². The number of rotatable bonds is 2. The molecule has 0 fully saturated rings. The van der Waals surface area contributed by atoms with E-state index in [2.05, 4.69) is 37.0 Å². The van der Waals surface area contributed by atoms with E-state index in [1.54, 1.807) is 6.20 Å². The van der Waals surface area contributed by atoms with Gasteiger partial charge in [-0.25, -0.2) is 3.11 Å². The number of aromatic nitrogens is 1. The molecule has 0 spiro atoms. The molecule has 0 atom stereocenters. The van der Waals surface area contributed by atoms with Gasteiger partial charge in [-0.2, -0.15) is 0 Å². The van der Waals surface area contributed by atoms with E-state index >= 15 is 0 Å². The second-order valence-electron chi connectivity index (χ2n) is 2.12. The second kappa shape index (κ2) is 3.88. The van der Waals surface area contributed by atoms with Crippen LogP contribution >= 0.6 is 22.9 Å². The van der Waals surface area contributed by atoms with Gasteiger partial charge < -0.3 is 0 Å². The van der Waals surface area contributed by atoms with Crippen molar-refractivity contribution in [1.82, 2.24) is 8.10 Å². The molecule has 1 rings (SSSR count). The highest BCUT2D eigenvalue weighted by Gasteiger charge is 1.92. The molecular formula is C7H9IN2. The molecule has 0 N–H and O–H groups in total. The van der Waals surface area contributed by atoms with E-state index in [9.17, 15) is 0 Å². The van der Waals surface area contributed by atoms with Crippen LogP contribution in [0.5, 0.6) is 0 Å². The molecule has 0 saturated heterocycles. The largest absolute Gasteiger partial charge is 0.264 e. The molecule has 0 bridgehead atoms. The Morgan fingerprint density at radius 2 is 2.50 bits per heavy atom. The summed E-state index contributed by atoms with van der Waals surface area (Å²) in [6.45, 7) is 0.953. The van der Waals surface area contributed by atoms with Crippen molar-refractivity contribution in [2.45, 2.75) is 6.54 Å². The normalized spacial score (nSPS) is 10.3. The van der Waals surface area contributed by atoms with Crippen molar-refractivity contribution in [3.8, 4) is 0 Å². The van der Waals surface area contributed by atoms with Gasteiger partial charge in [0, 0.05) is 41.8 Å². The van der Waals surface area contributed by atoms with Crippen LogP contribution < -0.4 is 0 Å². The summed E-state index contributed by atoms with van der Waals surface area (Å²) < 4.78 is 2.09. The van der Waals surface area contributed by atoms with Crippen molar-refractivity contribution in [3.63, 3.8) is 0 Å². The van der Waals surface area contributed by atoms with Crippen LogP contribution in [0, 0.1) is 0 Å². The average Bonchev–Trinajstić information content (AvgIpc) is 1.88. The Kier molecular flexibility index (Phi) is 3.08. The first-order valence-electron chi connectivity index (χ1n) is 3.05. The molecule has 1 heterocycles. The summed E-state index contributed by atoms with van der Waals surface area (Å²) in [4.78, 5) is 4.01. The lowest BCUT2D eigenvalue weighted by Crippen LogP contribution is -2.02. The highest BCUT2D eigenvalue weighted by molar-refractivity contribution is 14.1. The number of hydrogen-bond donors (Lipinski definition) is 0. The van der Waals surface area contributed by atoms with E-state index in [-0.39, 0.29) is 0 Å². The summed E-state index contributed by atoms with van der Waals surface area (Å²) in [5, 5.41) is 0. The zero-order valence-electron chi connectivity index (χ0n) is 5.79. The van der Waals surface area contributed by atoms with Crippen molar-refractivity contribution in [2.75, 3.05) is 7.05 Å². The molecule has 10 heavy (non-hydrogen) atoms.